The Labute approximate surface area is 76.2 Å². The highest BCUT2D eigenvalue weighted by atomic mass is 32.2. The van der Waals surface area contributed by atoms with Gasteiger partial charge in [-0.2, -0.15) is 0 Å². The Balaban J connectivity index is 2.51. The first-order valence-electron chi connectivity index (χ1n) is 3.61. The summed E-state index contributed by atoms with van der Waals surface area (Å²) >= 11 is 1.57. The fourth-order valence-corrected chi connectivity index (χ4v) is 1.25. The summed E-state index contributed by atoms with van der Waals surface area (Å²) in [7, 11) is 0. The van der Waals surface area contributed by atoms with Gasteiger partial charge in [-0.05, 0) is 0 Å². The Hall–Kier alpha value is -1.03. The Bertz CT molecular complexity index is 267. The van der Waals surface area contributed by atoms with Gasteiger partial charge in [0.05, 0.1) is 6.54 Å². The van der Waals surface area contributed by atoms with Crippen LogP contribution in [0.5, 0.6) is 0 Å². The lowest BCUT2D eigenvalue weighted by molar-refractivity contribution is 0.680. The van der Waals surface area contributed by atoms with Crippen molar-refractivity contribution < 1.29 is 0 Å². The van der Waals surface area contributed by atoms with E-state index in [1.807, 2.05) is 6.08 Å². The fraction of sp³-hybridized carbons (Fsp3) is 0.250. The maximum absolute atomic E-state index is 4.19. The van der Waals surface area contributed by atoms with Gasteiger partial charge in [-0.3, -0.25) is 0 Å². The number of thioether (sulfide) groups is 1. The van der Waals surface area contributed by atoms with Gasteiger partial charge in [-0.15, -0.1) is 18.3 Å². The summed E-state index contributed by atoms with van der Waals surface area (Å²) < 4.78 is 1.75. The van der Waals surface area contributed by atoms with Gasteiger partial charge in [0, 0.05) is 5.75 Å². The number of hydrogen-bond donors (Lipinski definition) is 0. The van der Waals surface area contributed by atoms with Gasteiger partial charge in [0.15, 0.2) is 0 Å². The summed E-state index contributed by atoms with van der Waals surface area (Å²) in [5.41, 5.74) is 0. The lowest BCUT2D eigenvalue weighted by Gasteiger charge is -1.90. The highest BCUT2D eigenvalue weighted by Crippen LogP contribution is 2.10. The van der Waals surface area contributed by atoms with Crippen molar-refractivity contribution in [2.45, 2.75) is 11.7 Å². The van der Waals surface area contributed by atoms with Crippen LogP contribution in [0.3, 0.4) is 0 Å². The van der Waals surface area contributed by atoms with Crippen molar-refractivity contribution in [2.75, 3.05) is 5.75 Å². The molecule has 0 saturated carbocycles. The molecule has 0 saturated heterocycles. The molecule has 12 heavy (non-hydrogen) atoms. The zero-order valence-corrected chi connectivity index (χ0v) is 7.63. The van der Waals surface area contributed by atoms with Crippen LogP contribution in [0.4, 0.5) is 0 Å². The monoisotopic (exact) mass is 181 g/mol. The summed E-state index contributed by atoms with van der Waals surface area (Å²) in [6, 6.07) is 0. The van der Waals surface area contributed by atoms with Crippen LogP contribution in [0.2, 0.25) is 0 Å². The van der Waals surface area contributed by atoms with Crippen molar-refractivity contribution in [3.8, 4) is 0 Å². The predicted octanol–water partition coefficient (Wildman–Crippen LogP) is 1.74. The number of aromatic nitrogens is 3. The number of nitrogens with zero attached hydrogens (tertiary/aromatic N) is 3. The molecule has 0 N–H and O–H groups in total. The van der Waals surface area contributed by atoms with E-state index in [1.54, 1.807) is 28.8 Å². The van der Waals surface area contributed by atoms with E-state index >= 15 is 0 Å². The molecule has 0 fully saturated rings. The van der Waals surface area contributed by atoms with Crippen molar-refractivity contribution in [1.82, 2.24) is 14.8 Å². The van der Waals surface area contributed by atoms with Crippen LogP contribution in [0.1, 0.15) is 0 Å². The molecule has 3 nitrogen and oxygen atoms in total. The van der Waals surface area contributed by atoms with E-state index in [4.69, 9.17) is 0 Å². The highest BCUT2D eigenvalue weighted by Gasteiger charge is 1.97. The topological polar surface area (TPSA) is 30.7 Å². The number of allylic oxidation sites excluding steroid dienone is 1. The van der Waals surface area contributed by atoms with Crippen LogP contribution in [-0.4, -0.2) is 20.5 Å². The number of rotatable bonds is 5. The Morgan fingerprint density at radius 3 is 3.00 bits per heavy atom. The Kier molecular flexibility index (Phi) is 3.60. The molecule has 1 rings (SSSR count). The summed E-state index contributed by atoms with van der Waals surface area (Å²) in [6.07, 6.45) is 5.32. The van der Waals surface area contributed by atoms with Crippen molar-refractivity contribution >= 4 is 11.8 Å². The molecule has 0 spiro atoms. The molecule has 0 aliphatic heterocycles. The predicted molar refractivity (Wildman–Crippen MR) is 51.1 cm³/mol. The average molecular weight is 181 g/mol. The SMILES string of the molecule is C=CCSc1ncn(CC=C)n1. The zero-order chi connectivity index (χ0) is 8.81. The second-order valence-corrected chi connectivity index (χ2v) is 3.12. The van der Waals surface area contributed by atoms with E-state index < -0.39 is 0 Å². The molecular formula is C8H11N3S. The van der Waals surface area contributed by atoms with Crippen LogP contribution < -0.4 is 0 Å². The molecule has 0 aliphatic rings. The molecule has 1 aromatic rings. The first-order chi connectivity index (χ1) is 5.86. The Morgan fingerprint density at radius 2 is 2.33 bits per heavy atom. The van der Waals surface area contributed by atoms with Gasteiger partial charge in [0.25, 0.3) is 0 Å². The molecule has 1 heterocycles. The lowest BCUT2D eigenvalue weighted by atomic mass is 10.6. The minimum Gasteiger partial charge on any atom is -0.248 e. The van der Waals surface area contributed by atoms with Gasteiger partial charge in [0.2, 0.25) is 5.16 Å². The van der Waals surface area contributed by atoms with Crippen molar-refractivity contribution in [2.24, 2.45) is 0 Å². The summed E-state index contributed by atoms with van der Waals surface area (Å²) in [5, 5.41) is 4.98. The third kappa shape index (κ3) is 2.54. The minimum absolute atomic E-state index is 0.710. The second kappa shape index (κ2) is 4.77. The fourth-order valence-electron chi connectivity index (χ4n) is 0.697. The zero-order valence-electron chi connectivity index (χ0n) is 6.81. The molecule has 0 bridgehead atoms. The van der Waals surface area contributed by atoms with Crippen molar-refractivity contribution in [3.05, 3.63) is 31.6 Å². The van der Waals surface area contributed by atoms with Crippen LogP contribution in [0.25, 0.3) is 0 Å². The Morgan fingerprint density at radius 1 is 1.50 bits per heavy atom. The summed E-state index contributed by atoms with van der Waals surface area (Å²) in [4.78, 5) is 4.09. The van der Waals surface area contributed by atoms with Gasteiger partial charge >= 0.3 is 0 Å². The summed E-state index contributed by atoms with van der Waals surface area (Å²) in [6.45, 7) is 7.95. The molecule has 64 valence electrons. The van der Waals surface area contributed by atoms with E-state index in [0.29, 0.717) is 6.54 Å². The molecule has 0 radical (unpaired) electrons. The molecular weight excluding hydrogens is 170 g/mol. The lowest BCUT2D eigenvalue weighted by Crippen LogP contribution is -1.94. The van der Waals surface area contributed by atoms with Crippen LogP contribution in [0, 0.1) is 0 Å². The third-order valence-corrected chi connectivity index (χ3v) is 2.01. The molecule has 0 amide bonds. The van der Waals surface area contributed by atoms with E-state index in [9.17, 15) is 0 Å². The maximum Gasteiger partial charge on any atom is 0.208 e. The van der Waals surface area contributed by atoms with Gasteiger partial charge in [-0.1, -0.05) is 23.9 Å². The molecule has 1 aromatic heterocycles. The van der Waals surface area contributed by atoms with Gasteiger partial charge < -0.3 is 0 Å². The standard InChI is InChI=1S/C8H11N3S/c1-3-5-11-7-9-8(10-11)12-6-4-2/h3-4,7H,1-2,5-6H2. The molecule has 0 unspecified atom stereocenters. The first-order valence-corrected chi connectivity index (χ1v) is 4.59. The van der Waals surface area contributed by atoms with E-state index in [1.165, 1.54) is 0 Å². The van der Waals surface area contributed by atoms with E-state index in [-0.39, 0.29) is 0 Å². The average Bonchev–Trinajstić information content (AvgIpc) is 2.50. The first kappa shape index (κ1) is 9.06. The quantitative estimate of drug-likeness (QED) is 0.512. The van der Waals surface area contributed by atoms with Gasteiger partial charge in [0.1, 0.15) is 6.33 Å². The summed E-state index contributed by atoms with van der Waals surface area (Å²) in [5.74, 6) is 0.845. The normalized spacial score (nSPS) is 9.67. The van der Waals surface area contributed by atoms with Crippen LogP contribution >= 0.6 is 11.8 Å². The number of hydrogen-bond acceptors (Lipinski definition) is 3. The molecule has 0 atom stereocenters. The highest BCUT2D eigenvalue weighted by molar-refractivity contribution is 7.99. The van der Waals surface area contributed by atoms with Gasteiger partial charge in [-0.25, -0.2) is 9.67 Å². The minimum atomic E-state index is 0.710. The largest absolute Gasteiger partial charge is 0.248 e. The van der Waals surface area contributed by atoms with Crippen molar-refractivity contribution in [3.63, 3.8) is 0 Å². The van der Waals surface area contributed by atoms with Crippen LogP contribution in [-0.2, 0) is 6.54 Å². The third-order valence-electron chi connectivity index (χ3n) is 1.16. The molecule has 0 aliphatic carbocycles. The molecule has 4 heteroatoms. The van der Waals surface area contributed by atoms with Crippen LogP contribution in [0.15, 0.2) is 36.8 Å². The maximum atomic E-state index is 4.19. The smallest absolute Gasteiger partial charge is 0.208 e. The van der Waals surface area contributed by atoms with E-state index in [0.717, 1.165) is 10.9 Å². The van der Waals surface area contributed by atoms with E-state index in [2.05, 4.69) is 23.2 Å². The van der Waals surface area contributed by atoms with Crippen molar-refractivity contribution in [1.29, 1.82) is 0 Å². The second-order valence-electron chi connectivity index (χ2n) is 2.14. The molecule has 0 aromatic carbocycles.